The molecule has 0 aliphatic rings. The van der Waals surface area contributed by atoms with Gasteiger partial charge < -0.3 is 10.0 Å². The molecule has 0 amide bonds. The summed E-state index contributed by atoms with van der Waals surface area (Å²) in [5, 5.41) is 12.7. The zero-order valence-corrected chi connectivity index (χ0v) is 13.1. The van der Waals surface area contributed by atoms with Crippen molar-refractivity contribution in [3.63, 3.8) is 0 Å². The van der Waals surface area contributed by atoms with E-state index in [4.69, 9.17) is 0 Å². The summed E-state index contributed by atoms with van der Waals surface area (Å²) in [7, 11) is 0. The van der Waals surface area contributed by atoms with Gasteiger partial charge in [0, 0.05) is 24.8 Å². The van der Waals surface area contributed by atoms with Crippen LogP contribution in [0.4, 0.5) is 5.69 Å². The Morgan fingerprint density at radius 2 is 2.10 bits per heavy atom. The van der Waals surface area contributed by atoms with Gasteiger partial charge in [-0.1, -0.05) is 12.1 Å². The molecular formula is C16H26N2O2. The Balaban J connectivity index is 2.97. The van der Waals surface area contributed by atoms with Crippen LogP contribution < -0.4 is 10.2 Å². The molecule has 0 heterocycles. The summed E-state index contributed by atoms with van der Waals surface area (Å²) in [4.78, 5) is 13.7. The van der Waals surface area contributed by atoms with E-state index >= 15 is 0 Å². The van der Waals surface area contributed by atoms with Gasteiger partial charge in [0.25, 0.3) is 0 Å². The van der Waals surface area contributed by atoms with Crippen molar-refractivity contribution < 1.29 is 9.90 Å². The Kier molecular flexibility index (Phi) is 5.57. The van der Waals surface area contributed by atoms with E-state index < -0.39 is 11.5 Å². The van der Waals surface area contributed by atoms with Gasteiger partial charge in [-0.15, -0.1) is 0 Å². The molecule has 20 heavy (non-hydrogen) atoms. The highest BCUT2D eigenvalue weighted by Gasteiger charge is 2.35. The van der Waals surface area contributed by atoms with Crippen molar-refractivity contribution in [3.05, 3.63) is 29.8 Å². The van der Waals surface area contributed by atoms with Crippen LogP contribution in [0.1, 0.15) is 33.3 Å². The molecule has 1 atom stereocenters. The molecule has 0 fully saturated rings. The van der Waals surface area contributed by atoms with Crippen molar-refractivity contribution in [2.24, 2.45) is 0 Å². The molecule has 0 aliphatic heterocycles. The van der Waals surface area contributed by atoms with Crippen molar-refractivity contribution in [2.75, 3.05) is 18.0 Å². The molecule has 0 spiro atoms. The predicted octanol–water partition coefficient (Wildman–Crippen LogP) is 2.66. The van der Waals surface area contributed by atoms with E-state index in [1.54, 1.807) is 6.92 Å². The molecule has 1 aromatic carbocycles. The fourth-order valence-corrected chi connectivity index (χ4v) is 2.40. The summed E-state index contributed by atoms with van der Waals surface area (Å²) in [5.74, 6) is -0.822. The third-order valence-corrected chi connectivity index (χ3v) is 3.33. The number of hydrogen-bond donors (Lipinski definition) is 2. The number of carboxylic acid groups (broad SMARTS) is 1. The SMILES string of the molecule is CCN(CC(C)(NC(C)C)C(=O)O)c1cccc(C)c1. The smallest absolute Gasteiger partial charge is 0.325 e. The van der Waals surface area contributed by atoms with Crippen molar-refractivity contribution in [1.82, 2.24) is 5.32 Å². The molecule has 0 aromatic heterocycles. The first kappa shape index (κ1) is 16.5. The quantitative estimate of drug-likeness (QED) is 0.805. The predicted molar refractivity (Wildman–Crippen MR) is 83.4 cm³/mol. The monoisotopic (exact) mass is 278 g/mol. The average molecular weight is 278 g/mol. The number of likely N-dealkylation sites (N-methyl/N-ethyl adjacent to an activating group) is 1. The number of rotatable bonds is 7. The van der Waals surface area contributed by atoms with E-state index in [2.05, 4.69) is 16.3 Å². The second-order valence-corrected chi connectivity index (χ2v) is 5.79. The van der Waals surface area contributed by atoms with Gasteiger partial charge in [0.15, 0.2) is 0 Å². The molecule has 1 rings (SSSR count). The first-order valence-electron chi connectivity index (χ1n) is 7.11. The first-order valence-corrected chi connectivity index (χ1v) is 7.11. The lowest BCUT2D eigenvalue weighted by Crippen LogP contribution is -2.59. The van der Waals surface area contributed by atoms with Crippen LogP contribution in [-0.2, 0) is 4.79 Å². The van der Waals surface area contributed by atoms with Crippen molar-refractivity contribution in [1.29, 1.82) is 0 Å². The fourth-order valence-electron chi connectivity index (χ4n) is 2.40. The third-order valence-electron chi connectivity index (χ3n) is 3.33. The molecule has 4 nitrogen and oxygen atoms in total. The van der Waals surface area contributed by atoms with Crippen LogP contribution in [0.2, 0.25) is 0 Å². The molecule has 0 aliphatic carbocycles. The lowest BCUT2D eigenvalue weighted by molar-refractivity contribution is -0.144. The van der Waals surface area contributed by atoms with Gasteiger partial charge in [0.05, 0.1) is 0 Å². The minimum absolute atomic E-state index is 0.118. The van der Waals surface area contributed by atoms with Crippen LogP contribution in [0.3, 0.4) is 0 Å². The highest BCUT2D eigenvalue weighted by atomic mass is 16.4. The van der Waals surface area contributed by atoms with E-state index in [-0.39, 0.29) is 6.04 Å². The van der Waals surface area contributed by atoms with E-state index in [0.717, 1.165) is 12.2 Å². The number of aryl methyl sites for hydroxylation is 1. The average Bonchev–Trinajstić information content (AvgIpc) is 2.35. The molecule has 0 saturated heterocycles. The summed E-state index contributed by atoms with van der Waals surface area (Å²) in [5.41, 5.74) is 1.27. The maximum absolute atomic E-state index is 11.6. The Morgan fingerprint density at radius 1 is 1.45 bits per heavy atom. The van der Waals surface area contributed by atoms with Crippen LogP contribution in [0.15, 0.2) is 24.3 Å². The summed E-state index contributed by atoms with van der Waals surface area (Å²) in [6.45, 7) is 11.0. The maximum Gasteiger partial charge on any atom is 0.325 e. The van der Waals surface area contributed by atoms with E-state index in [0.29, 0.717) is 6.54 Å². The van der Waals surface area contributed by atoms with Gasteiger partial charge in [-0.3, -0.25) is 10.1 Å². The zero-order valence-electron chi connectivity index (χ0n) is 13.1. The number of hydrogen-bond acceptors (Lipinski definition) is 3. The number of carboxylic acids is 1. The topological polar surface area (TPSA) is 52.6 Å². The van der Waals surface area contributed by atoms with Gasteiger partial charge in [-0.2, -0.15) is 0 Å². The number of nitrogens with one attached hydrogen (secondary N) is 1. The van der Waals surface area contributed by atoms with Crippen LogP contribution in [0.5, 0.6) is 0 Å². The molecule has 0 radical (unpaired) electrons. The summed E-state index contributed by atoms with van der Waals surface area (Å²) in [6.07, 6.45) is 0. The Bertz CT molecular complexity index is 460. The number of aliphatic carboxylic acids is 1. The molecule has 4 heteroatoms. The standard InChI is InChI=1S/C16H26N2O2/c1-6-18(14-9-7-8-13(4)10-14)11-16(5,15(19)20)17-12(2)3/h7-10,12,17H,6,11H2,1-5H3,(H,19,20). The number of benzene rings is 1. The molecule has 2 N–H and O–H groups in total. The number of anilines is 1. The molecule has 1 unspecified atom stereocenters. The van der Waals surface area contributed by atoms with Gasteiger partial charge in [-0.05, 0) is 52.3 Å². The van der Waals surface area contributed by atoms with Crippen LogP contribution >= 0.6 is 0 Å². The maximum atomic E-state index is 11.6. The second-order valence-electron chi connectivity index (χ2n) is 5.79. The lowest BCUT2D eigenvalue weighted by atomic mass is 10.00. The lowest BCUT2D eigenvalue weighted by Gasteiger charge is -2.35. The van der Waals surface area contributed by atoms with E-state index in [1.165, 1.54) is 5.56 Å². The molecular weight excluding hydrogens is 252 g/mol. The van der Waals surface area contributed by atoms with Gasteiger partial charge in [0.2, 0.25) is 0 Å². The normalized spacial score (nSPS) is 14.1. The Labute approximate surface area is 121 Å². The summed E-state index contributed by atoms with van der Waals surface area (Å²) >= 11 is 0. The van der Waals surface area contributed by atoms with Gasteiger partial charge >= 0.3 is 5.97 Å². The van der Waals surface area contributed by atoms with Crippen LogP contribution in [0, 0.1) is 6.92 Å². The molecule has 1 aromatic rings. The molecule has 0 bridgehead atoms. The molecule has 112 valence electrons. The number of carbonyl (C=O) groups is 1. The second kappa shape index (κ2) is 6.75. The fraction of sp³-hybridized carbons (Fsp3) is 0.562. The van der Waals surface area contributed by atoms with Crippen LogP contribution in [-0.4, -0.2) is 35.7 Å². The number of nitrogens with zero attached hydrogens (tertiary/aromatic N) is 1. The van der Waals surface area contributed by atoms with Crippen molar-refractivity contribution in [2.45, 2.75) is 46.2 Å². The first-order chi connectivity index (χ1) is 9.28. The van der Waals surface area contributed by atoms with Crippen LogP contribution in [0.25, 0.3) is 0 Å². The zero-order chi connectivity index (χ0) is 15.3. The summed E-state index contributed by atoms with van der Waals surface area (Å²) < 4.78 is 0. The van der Waals surface area contributed by atoms with E-state index in [1.807, 2.05) is 45.9 Å². The highest BCUT2D eigenvalue weighted by Crippen LogP contribution is 2.19. The third kappa shape index (κ3) is 4.23. The van der Waals surface area contributed by atoms with E-state index in [9.17, 15) is 9.90 Å². The van der Waals surface area contributed by atoms with Crippen molar-refractivity contribution >= 4 is 11.7 Å². The Morgan fingerprint density at radius 3 is 2.55 bits per heavy atom. The van der Waals surface area contributed by atoms with Gasteiger partial charge in [-0.25, -0.2) is 0 Å². The highest BCUT2D eigenvalue weighted by molar-refractivity contribution is 5.79. The Hall–Kier alpha value is -1.55. The molecule has 0 saturated carbocycles. The summed E-state index contributed by atoms with van der Waals surface area (Å²) in [6, 6.07) is 8.27. The van der Waals surface area contributed by atoms with Gasteiger partial charge in [0.1, 0.15) is 5.54 Å². The minimum atomic E-state index is -0.964. The minimum Gasteiger partial charge on any atom is -0.480 e. The largest absolute Gasteiger partial charge is 0.480 e. The van der Waals surface area contributed by atoms with Crippen molar-refractivity contribution in [3.8, 4) is 0 Å².